The molecule has 2 aromatic rings. The second kappa shape index (κ2) is 8.66. The van der Waals surface area contributed by atoms with Gasteiger partial charge in [-0.25, -0.2) is 0 Å². The van der Waals surface area contributed by atoms with Gasteiger partial charge in [-0.3, -0.25) is 9.59 Å². The first-order chi connectivity index (χ1) is 10.8. The maximum Gasteiger partial charge on any atom is 0.251 e. The topological polar surface area (TPSA) is 84.2 Å². The third kappa shape index (κ3) is 6.18. The Hall–Kier alpha value is -2.11. The molecule has 0 bridgehead atoms. The summed E-state index contributed by atoms with van der Waals surface area (Å²) in [7, 11) is 0. The lowest BCUT2D eigenvalue weighted by molar-refractivity contribution is -0.121. The first-order valence-corrected chi connectivity index (χ1v) is 7.68. The molecule has 0 aliphatic heterocycles. The van der Waals surface area contributed by atoms with E-state index in [-0.39, 0.29) is 30.6 Å². The third-order valence-corrected chi connectivity index (χ3v) is 3.39. The molecular weight excluding hydrogens is 326 g/mol. The molecule has 0 saturated carbocycles. The molecule has 2 aromatic carbocycles. The summed E-state index contributed by atoms with van der Waals surface area (Å²) in [4.78, 5) is 23.8. The number of halogens is 1. The standard InChI is InChI=1S/C18H23N3O2.ClH/c1-18(2,19)12-21-16(22)9-10-20-17(23)15-8-7-13-5-3-4-6-14(13)11-15;/h3-8,11H,9-10,12,19H2,1-2H3,(H,20,23)(H,21,22);1H. The molecule has 0 unspecified atom stereocenters. The van der Waals surface area contributed by atoms with Crippen LogP contribution in [0.4, 0.5) is 0 Å². The van der Waals surface area contributed by atoms with Gasteiger partial charge in [0, 0.05) is 30.6 Å². The van der Waals surface area contributed by atoms with Gasteiger partial charge >= 0.3 is 0 Å². The molecule has 0 fully saturated rings. The van der Waals surface area contributed by atoms with E-state index in [1.165, 1.54) is 0 Å². The van der Waals surface area contributed by atoms with Crippen LogP contribution in [-0.2, 0) is 4.79 Å². The minimum absolute atomic E-state index is 0. The van der Waals surface area contributed by atoms with Crippen LogP contribution in [0.5, 0.6) is 0 Å². The van der Waals surface area contributed by atoms with E-state index in [0.717, 1.165) is 10.8 Å². The molecule has 0 aromatic heterocycles. The van der Waals surface area contributed by atoms with Crippen molar-refractivity contribution in [3.05, 3.63) is 48.0 Å². The Morgan fingerprint density at radius 3 is 2.38 bits per heavy atom. The van der Waals surface area contributed by atoms with Crippen molar-refractivity contribution >= 4 is 35.0 Å². The maximum atomic E-state index is 12.1. The number of hydrogen-bond acceptors (Lipinski definition) is 3. The van der Waals surface area contributed by atoms with E-state index in [4.69, 9.17) is 5.73 Å². The highest BCUT2D eigenvalue weighted by Crippen LogP contribution is 2.15. The van der Waals surface area contributed by atoms with Gasteiger partial charge in [-0.1, -0.05) is 30.3 Å². The zero-order chi connectivity index (χ0) is 16.9. The van der Waals surface area contributed by atoms with Gasteiger partial charge in [0.15, 0.2) is 0 Å². The normalized spacial score (nSPS) is 10.8. The molecule has 6 heteroatoms. The fourth-order valence-electron chi connectivity index (χ4n) is 2.14. The first-order valence-electron chi connectivity index (χ1n) is 7.68. The number of carbonyl (C=O) groups is 2. The maximum absolute atomic E-state index is 12.1. The quantitative estimate of drug-likeness (QED) is 0.747. The van der Waals surface area contributed by atoms with E-state index in [1.807, 2.05) is 50.2 Å². The number of amides is 2. The van der Waals surface area contributed by atoms with E-state index in [1.54, 1.807) is 6.07 Å². The minimum atomic E-state index is -0.440. The van der Waals surface area contributed by atoms with Gasteiger partial charge < -0.3 is 16.4 Å². The molecule has 0 saturated heterocycles. The molecule has 4 N–H and O–H groups in total. The lowest BCUT2D eigenvalue weighted by Crippen LogP contribution is -2.45. The molecular formula is C18H24ClN3O2. The predicted octanol–water partition coefficient (Wildman–Crippen LogP) is 2.24. The van der Waals surface area contributed by atoms with Gasteiger partial charge in [-0.05, 0) is 36.8 Å². The van der Waals surface area contributed by atoms with Gasteiger partial charge in [-0.15, -0.1) is 12.4 Å². The van der Waals surface area contributed by atoms with Crippen LogP contribution < -0.4 is 16.4 Å². The van der Waals surface area contributed by atoms with Crippen LogP contribution in [0.3, 0.4) is 0 Å². The van der Waals surface area contributed by atoms with Crippen molar-refractivity contribution < 1.29 is 9.59 Å². The van der Waals surface area contributed by atoms with Crippen molar-refractivity contribution in [2.45, 2.75) is 25.8 Å². The van der Waals surface area contributed by atoms with E-state index in [2.05, 4.69) is 10.6 Å². The van der Waals surface area contributed by atoms with Crippen LogP contribution in [0.25, 0.3) is 10.8 Å². The van der Waals surface area contributed by atoms with Crippen LogP contribution in [0, 0.1) is 0 Å². The average Bonchev–Trinajstić information content (AvgIpc) is 2.51. The summed E-state index contributed by atoms with van der Waals surface area (Å²) in [6.45, 7) is 4.39. The molecule has 24 heavy (non-hydrogen) atoms. The highest BCUT2D eigenvalue weighted by atomic mass is 35.5. The number of fused-ring (bicyclic) bond motifs is 1. The van der Waals surface area contributed by atoms with Gasteiger partial charge in [0.1, 0.15) is 0 Å². The summed E-state index contributed by atoms with van der Waals surface area (Å²) >= 11 is 0. The Labute approximate surface area is 148 Å². The van der Waals surface area contributed by atoms with Gasteiger partial charge in [0.05, 0.1) is 0 Å². The highest BCUT2D eigenvalue weighted by Gasteiger charge is 2.12. The Kier molecular flexibility index (Phi) is 7.19. The second-order valence-corrected chi connectivity index (χ2v) is 6.33. The molecule has 0 spiro atoms. The Bertz CT molecular complexity index is 711. The fourth-order valence-corrected chi connectivity index (χ4v) is 2.14. The van der Waals surface area contributed by atoms with Gasteiger partial charge in [-0.2, -0.15) is 0 Å². The molecule has 2 amide bonds. The van der Waals surface area contributed by atoms with Crippen LogP contribution in [-0.4, -0.2) is 30.4 Å². The number of carbonyl (C=O) groups excluding carboxylic acids is 2. The molecule has 0 aliphatic carbocycles. The van der Waals surface area contributed by atoms with Crippen molar-refractivity contribution in [3.63, 3.8) is 0 Å². The Morgan fingerprint density at radius 2 is 1.71 bits per heavy atom. The summed E-state index contributed by atoms with van der Waals surface area (Å²) < 4.78 is 0. The predicted molar refractivity (Wildman–Crippen MR) is 99.4 cm³/mol. The van der Waals surface area contributed by atoms with E-state index in [9.17, 15) is 9.59 Å². The van der Waals surface area contributed by atoms with Gasteiger partial charge in [0.2, 0.25) is 5.91 Å². The van der Waals surface area contributed by atoms with Gasteiger partial charge in [0.25, 0.3) is 5.91 Å². The molecule has 0 atom stereocenters. The number of rotatable bonds is 6. The van der Waals surface area contributed by atoms with Crippen molar-refractivity contribution in [2.24, 2.45) is 5.73 Å². The summed E-state index contributed by atoms with van der Waals surface area (Å²) in [5.74, 6) is -0.301. The minimum Gasteiger partial charge on any atom is -0.354 e. The summed E-state index contributed by atoms with van der Waals surface area (Å²) in [5, 5.41) is 7.61. The largest absolute Gasteiger partial charge is 0.354 e. The van der Waals surface area contributed by atoms with E-state index >= 15 is 0 Å². The summed E-state index contributed by atoms with van der Waals surface area (Å²) in [6, 6.07) is 13.4. The van der Waals surface area contributed by atoms with Crippen molar-refractivity contribution in [1.82, 2.24) is 10.6 Å². The smallest absolute Gasteiger partial charge is 0.251 e. The Morgan fingerprint density at radius 1 is 1.04 bits per heavy atom. The fraction of sp³-hybridized carbons (Fsp3) is 0.333. The summed E-state index contributed by atoms with van der Waals surface area (Å²) in [5.41, 5.74) is 5.95. The number of nitrogens with one attached hydrogen (secondary N) is 2. The average molecular weight is 350 g/mol. The molecule has 0 heterocycles. The zero-order valence-corrected chi connectivity index (χ0v) is 14.8. The van der Waals surface area contributed by atoms with Crippen LogP contribution in [0.1, 0.15) is 30.6 Å². The Balaban J connectivity index is 0.00000288. The van der Waals surface area contributed by atoms with E-state index in [0.29, 0.717) is 18.7 Å². The SMILES string of the molecule is CC(C)(N)CNC(=O)CCNC(=O)c1ccc2ccccc2c1.Cl. The lowest BCUT2D eigenvalue weighted by atomic mass is 10.1. The second-order valence-electron chi connectivity index (χ2n) is 6.33. The molecule has 130 valence electrons. The number of hydrogen-bond donors (Lipinski definition) is 3. The van der Waals surface area contributed by atoms with Crippen molar-refractivity contribution in [3.8, 4) is 0 Å². The molecule has 5 nitrogen and oxygen atoms in total. The van der Waals surface area contributed by atoms with Crippen LogP contribution >= 0.6 is 12.4 Å². The summed E-state index contributed by atoms with van der Waals surface area (Å²) in [6.07, 6.45) is 0.232. The lowest BCUT2D eigenvalue weighted by Gasteiger charge is -2.18. The monoisotopic (exact) mass is 349 g/mol. The van der Waals surface area contributed by atoms with E-state index < -0.39 is 5.54 Å². The highest BCUT2D eigenvalue weighted by molar-refractivity contribution is 5.98. The zero-order valence-electron chi connectivity index (χ0n) is 14.0. The van der Waals surface area contributed by atoms with Crippen LogP contribution in [0.15, 0.2) is 42.5 Å². The molecule has 2 rings (SSSR count). The van der Waals surface area contributed by atoms with Crippen molar-refractivity contribution in [2.75, 3.05) is 13.1 Å². The first kappa shape index (κ1) is 19.9. The van der Waals surface area contributed by atoms with Crippen LogP contribution in [0.2, 0.25) is 0 Å². The third-order valence-electron chi connectivity index (χ3n) is 3.39. The number of nitrogens with two attached hydrogens (primary N) is 1. The number of benzene rings is 2. The molecule has 0 radical (unpaired) electrons. The molecule has 0 aliphatic rings. The van der Waals surface area contributed by atoms with Crippen molar-refractivity contribution in [1.29, 1.82) is 0 Å².